The van der Waals surface area contributed by atoms with E-state index in [1.807, 2.05) is 62.4 Å². The molecule has 2 aromatic carbocycles. The van der Waals surface area contributed by atoms with E-state index >= 15 is 0 Å². The highest BCUT2D eigenvalue weighted by molar-refractivity contribution is 6.75. The minimum Gasteiger partial charge on any atom is -0.543 e. The number of hydrogen-bond donors (Lipinski definition) is 2. The average molecular weight is 573 g/mol. The smallest absolute Gasteiger partial charge is 0.250 e. The first kappa shape index (κ1) is 33.1. The van der Waals surface area contributed by atoms with Gasteiger partial charge in [-0.1, -0.05) is 65.8 Å². The molecule has 3 N–H and O–H groups in total. The molecule has 0 bridgehead atoms. The first-order valence-electron chi connectivity index (χ1n) is 14.0. The quantitative estimate of drug-likeness (QED) is 0.269. The van der Waals surface area contributed by atoms with E-state index in [2.05, 4.69) is 73.0 Å². The molecule has 1 amide bonds. The molecule has 0 saturated heterocycles. The Morgan fingerprint density at radius 3 is 1.90 bits per heavy atom. The lowest BCUT2D eigenvalue weighted by Gasteiger charge is -2.38. The Hall–Kier alpha value is -2.14. The third-order valence-electron chi connectivity index (χ3n) is 8.04. The first-order chi connectivity index (χ1) is 17.7. The van der Waals surface area contributed by atoms with Gasteiger partial charge in [0.1, 0.15) is 17.5 Å². The summed E-state index contributed by atoms with van der Waals surface area (Å²) < 4.78 is 19.0. The monoisotopic (exact) mass is 572 g/mol. The van der Waals surface area contributed by atoms with Crippen molar-refractivity contribution in [3.05, 3.63) is 59.7 Å². The number of carbonyl (C=O) groups is 1. The number of amides is 1. The Bertz CT molecular complexity index is 1100. The van der Waals surface area contributed by atoms with Gasteiger partial charge in [-0.2, -0.15) is 0 Å². The molecule has 0 radical (unpaired) electrons. The van der Waals surface area contributed by atoms with Crippen LogP contribution in [0.5, 0.6) is 11.5 Å². The zero-order valence-electron chi connectivity index (χ0n) is 26.3. The van der Waals surface area contributed by atoms with Crippen LogP contribution in [-0.4, -0.2) is 35.3 Å². The number of rotatable bonds is 11. The number of ether oxygens (including phenoxy) is 1. The molecular weight excluding hydrogens is 521 g/mol. The summed E-state index contributed by atoms with van der Waals surface area (Å²) >= 11 is 0. The number of nitrogens with two attached hydrogens (primary N) is 1. The molecule has 0 heterocycles. The van der Waals surface area contributed by atoms with E-state index in [-0.39, 0.29) is 28.1 Å². The van der Waals surface area contributed by atoms with Crippen molar-refractivity contribution in [3.63, 3.8) is 0 Å². The minimum atomic E-state index is -2.07. The van der Waals surface area contributed by atoms with Gasteiger partial charge < -0.3 is 24.6 Å². The van der Waals surface area contributed by atoms with Gasteiger partial charge in [-0.15, -0.1) is 0 Å². The van der Waals surface area contributed by atoms with Gasteiger partial charge in [0.25, 0.3) is 0 Å². The third-order valence-corrected chi connectivity index (χ3v) is 16.9. The molecule has 0 saturated carbocycles. The minimum absolute atomic E-state index is 0.0305. The molecule has 0 fully saturated rings. The normalized spacial score (nSPS) is 14.6. The van der Waals surface area contributed by atoms with E-state index in [0.29, 0.717) is 17.9 Å². The van der Waals surface area contributed by atoms with Gasteiger partial charge in [0, 0.05) is 0 Å². The molecule has 0 aliphatic carbocycles. The van der Waals surface area contributed by atoms with Crippen molar-refractivity contribution in [3.8, 4) is 11.5 Å². The fraction of sp³-hybridized carbons (Fsp3) is 0.581. The summed E-state index contributed by atoms with van der Waals surface area (Å²) in [5.41, 5.74) is 8.09. The third kappa shape index (κ3) is 9.20. The molecule has 2 aromatic rings. The Balaban J connectivity index is 2.36. The second-order valence-corrected chi connectivity index (χ2v) is 23.3. The highest BCUT2D eigenvalue weighted by Crippen LogP contribution is 2.39. The van der Waals surface area contributed by atoms with Gasteiger partial charge in [-0.25, -0.2) is 0 Å². The predicted molar refractivity (Wildman–Crippen MR) is 167 cm³/mol. The van der Waals surface area contributed by atoms with Crippen LogP contribution in [0, 0.1) is 0 Å². The molecule has 218 valence electrons. The molecule has 2 rings (SSSR count). The second-order valence-electron chi connectivity index (χ2n) is 13.8. The molecule has 6 nitrogen and oxygen atoms in total. The fourth-order valence-electron chi connectivity index (χ4n) is 3.44. The molecule has 0 aromatic heterocycles. The predicted octanol–water partition coefficient (Wildman–Crippen LogP) is 7.74. The standard InChI is InChI=1S/C31H52N2O4Si2/c1-22(2)36-25-17-14-16-24(20-25)28(32)29(34)33-27(21-35-38(9,10)30(3,4)5)23-15-13-18-26(19-23)37-39(11,12)31(6,7)8/h13-20,22,27-28H,21,32H2,1-12H3,(H,33,34)/t27-,28-/m0/s1. The molecular formula is C31H52N2O4Si2. The Morgan fingerprint density at radius 1 is 0.846 bits per heavy atom. The summed E-state index contributed by atoms with van der Waals surface area (Å²) in [6, 6.07) is 14.2. The van der Waals surface area contributed by atoms with Crippen molar-refractivity contribution < 1.29 is 18.4 Å². The van der Waals surface area contributed by atoms with Crippen LogP contribution < -0.4 is 20.2 Å². The lowest BCUT2D eigenvalue weighted by molar-refractivity contribution is -0.123. The number of benzene rings is 2. The molecule has 8 heteroatoms. The summed E-state index contributed by atoms with van der Waals surface area (Å²) in [6.07, 6.45) is 0.0305. The van der Waals surface area contributed by atoms with Crippen LogP contribution in [0.1, 0.15) is 78.6 Å². The fourth-order valence-corrected chi connectivity index (χ4v) is 5.48. The Morgan fingerprint density at radius 2 is 1.36 bits per heavy atom. The lowest BCUT2D eigenvalue weighted by Crippen LogP contribution is -2.45. The zero-order chi connectivity index (χ0) is 29.8. The van der Waals surface area contributed by atoms with Crippen LogP contribution in [0.2, 0.25) is 36.3 Å². The van der Waals surface area contributed by atoms with Gasteiger partial charge in [-0.3, -0.25) is 4.79 Å². The van der Waals surface area contributed by atoms with E-state index in [4.69, 9.17) is 19.3 Å². The molecule has 2 atom stereocenters. The van der Waals surface area contributed by atoms with Crippen molar-refractivity contribution in [2.24, 2.45) is 5.73 Å². The van der Waals surface area contributed by atoms with E-state index in [0.717, 1.165) is 11.3 Å². The summed E-state index contributed by atoms with van der Waals surface area (Å²) in [4.78, 5) is 13.5. The van der Waals surface area contributed by atoms with Crippen LogP contribution >= 0.6 is 0 Å². The Labute approximate surface area is 239 Å². The van der Waals surface area contributed by atoms with Crippen LogP contribution in [0.15, 0.2) is 48.5 Å². The Kier molecular flexibility index (Phi) is 10.7. The van der Waals surface area contributed by atoms with Crippen LogP contribution in [0.4, 0.5) is 0 Å². The SMILES string of the molecule is CC(C)Oc1cccc([C@H](N)C(=O)N[C@@H](CO[Si](C)(C)C(C)(C)C)c2cccc(O[Si](C)(C)C(C)(C)C)c2)c1. The largest absolute Gasteiger partial charge is 0.543 e. The molecule has 0 unspecified atom stereocenters. The van der Waals surface area contributed by atoms with Gasteiger partial charge in [0.05, 0.1) is 18.8 Å². The van der Waals surface area contributed by atoms with Gasteiger partial charge in [-0.05, 0) is 85.5 Å². The number of nitrogens with one attached hydrogen (secondary N) is 1. The average Bonchev–Trinajstić information content (AvgIpc) is 2.79. The zero-order valence-corrected chi connectivity index (χ0v) is 28.3. The van der Waals surface area contributed by atoms with Gasteiger partial charge in [0.15, 0.2) is 8.32 Å². The topological polar surface area (TPSA) is 82.8 Å². The molecule has 0 aliphatic rings. The van der Waals surface area contributed by atoms with Crippen molar-refractivity contribution >= 4 is 22.5 Å². The van der Waals surface area contributed by atoms with Crippen molar-refractivity contribution in [1.29, 1.82) is 0 Å². The second kappa shape index (κ2) is 12.6. The maximum atomic E-state index is 13.5. The maximum absolute atomic E-state index is 13.5. The molecule has 0 spiro atoms. The van der Waals surface area contributed by atoms with E-state index < -0.39 is 22.7 Å². The van der Waals surface area contributed by atoms with Crippen molar-refractivity contribution in [1.82, 2.24) is 5.32 Å². The molecule has 0 aliphatic heterocycles. The summed E-state index contributed by atoms with van der Waals surface area (Å²) in [5.74, 6) is 1.24. The van der Waals surface area contributed by atoms with Crippen LogP contribution in [0.25, 0.3) is 0 Å². The number of hydrogen-bond acceptors (Lipinski definition) is 5. The van der Waals surface area contributed by atoms with Crippen LogP contribution in [-0.2, 0) is 9.22 Å². The summed E-state index contributed by atoms with van der Waals surface area (Å²) in [5, 5.41) is 3.30. The number of carbonyl (C=O) groups excluding carboxylic acids is 1. The first-order valence-corrected chi connectivity index (χ1v) is 19.8. The summed E-state index contributed by atoms with van der Waals surface area (Å²) in [7, 11) is -4.10. The van der Waals surface area contributed by atoms with E-state index in [1.165, 1.54) is 0 Å². The summed E-state index contributed by atoms with van der Waals surface area (Å²) in [6.45, 7) is 26.5. The van der Waals surface area contributed by atoms with E-state index in [1.54, 1.807) is 0 Å². The van der Waals surface area contributed by atoms with Crippen molar-refractivity contribution in [2.45, 2.75) is 110 Å². The maximum Gasteiger partial charge on any atom is 0.250 e. The van der Waals surface area contributed by atoms with Crippen molar-refractivity contribution in [2.75, 3.05) is 6.61 Å². The highest BCUT2D eigenvalue weighted by atomic mass is 28.4. The molecule has 39 heavy (non-hydrogen) atoms. The van der Waals surface area contributed by atoms with Crippen LogP contribution in [0.3, 0.4) is 0 Å². The lowest BCUT2D eigenvalue weighted by atomic mass is 10.0. The van der Waals surface area contributed by atoms with E-state index in [9.17, 15) is 4.79 Å². The highest BCUT2D eigenvalue weighted by Gasteiger charge is 2.40. The van der Waals surface area contributed by atoms with Gasteiger partial charge >= 0.3 is 0 Å². The van der Waals surface area contributed by atoms with Gasteiger partial charge in [0.2, 0.25) is 14.2 Å².